The molecule has 25 heavy (non-hydrogen) atoms. The molecule has 0 unspecified atom stereocenters. The van der Waals surface area contributed by atoms with Crippen LogP contribution in [0.2, 0.25) is 0 Å². The Kier molecular flexibility index (Phi) is 4.89. The van der Waals surface area contributed by atoms with Crippen LogP contribution in [0.15, 0.2) is 46.3 Å². The van der Waals surface area contributed by atoms with Crippen LogP contribution in [0, 0.1) is 0 Å². The molecule has 2 aromatic heterocycles. The van der Waals surface area contributed by atoms with Crippen molar-refractivity contribution in [2.24, 2.45) is 0 Å². The molecule has 0 saturated carbocycles. The minimum absolute atomic E-state index is 0.0385. The number of nitrogens with zero attached hydrogens (tertiary/aromatic N) is 4. The first kappa shape index (κ1) is 17.2. The number of hydrogen-bond donors (Lipinski definition) is 1. The molecular weight excluding hydrogens is 338 g/mol. The van der Waals surface area contributed by atoms with Gasteiger partial charge < -0.3 is 4.90 Å². The summed E-state index contributed by atoms with van der Waals surface area (Å²) in [6.45, 7) is 3.99. The van der Waals surface area contributed by atoms with Gasteiger partial charge in [-0.3, -0.25) is 19.0 Å². The van der Waals surface area contributed by atoms with E-state index < -0.39 is 0 Å². The van der Waals surface area contributed by atoms with Gasteiger partial charge in [0.2, 0.25) is 11.7 Å². The zero-order valence-electron chi connectivity index (χ0n) is 14.3. The van der Waals surface area contributed by atoms with Gasteiger partial charge in [0.05, 0.1) is 5.75 Å². The molecule has 0 radical (unpaired) electrons. The molecule has 0 atom stereocenters. The van der Waals surface area contributed by atoms with E-state index in [0.717, 1.165) is 11.4 Å². The van der Waals surface area contributed by atoms with Crippen LogP contribution in [-0.4, -0.2) is 38.3 Å². The minimum atomic E-state index is -0.208. The number of aromatic amines is 1. The SMILES string of the molecule is CC(C)c1cc(=O)[nH]c2nnc(SCC(=O)N(C)c3ccccc3)n12. The second-order valence-electron chi connectivity index (χ2n) is 5.93. The van der Waals surface area contributed by atoms with E-state index in [1.165, 1.54) is 11.8 Å². The zero-order chi connectivity index (χ0) is 18.0. The second kappa shape index (κ2) is 7.10. The van der Waals surface area contributed by atoms with E-state index in [9.17, 15) is 9.59 Å². The average molecular weight is 357 g/mol. The number of benzene rings is 1. The van der Waals surface area contributed by atoms with Gasteiger partial charge in [-0.05, 0) is 18.1 Å². The van der Waals surface area contributed by atoms with Crippen molar-refractivity contribution in [3.05, 3.63) is 52.4 Å². The highest BCUT2D eigenvalue weighted by Gasteiger charge is 2.17. The van der Waals surface area contributed by atoms with E-state index in [2.05, 4.69) is 15.2 Å². The van der Waals surface area contributed by atoms with E-state index >= 15 is 0 Å². The normalized spacial score (nSPS) is 11.2. The van der Waals surface area contributed by atoms with Gasteiger partial charge in [-0.1, -0.05) is 43.8 Å². The summed E-state index contributed by atoms with van der Waals surface area (Å²) < 4.78 is 1.80. The molecular formula is C17H19N5O2S. The maximum atomic E-state index is 12.4. The molecule has 0 bridgehead atoms. The molecule has 8 heteroatoms. The smallest absolute Gasteiger partial charge is 0.252 e. The number of aromatic nitrogens is 4. The van der Waals surface area contributed by atoms with Gasteiger partial charge in [-0.2, -0.15) is 0 Å². The number of fused-ring (bicyclic) bond motifs is 1. The molecule has 0 saturated heterocycles. The number of anilines is 1. The number of carbonyl (C=O) groups is 1. The van der Waals surface area contributed by atoms with E-state index in [1.807, 2.05) is 44.2 Å². The summed E-state index contributed by atoms with van der Waals surface area (Å²) in [6.07, 6.45) is 0. The van der Waals surface area contributed by atoms with Crippen molar-refractivity contribution in [3.63, 3.8) is 0 Å². The summed E-state index contributed by atoms with van der Waals surface area (Å²) >= 11 is 1.30. The highest BCUT2D eigenvalue weighted by atomic mass is 32.2. The van der Waals surface area contributed by atoms with E-state index in [0.29, 0.717) is 10.9 Å². The molecule has 1 amide bonds. The second-order valence-corrected chi connectivity index (χ2v) is 6.87. The van der Waals surface area contributed by atoms with Crippen LogP contribution in [0.25, 0.3) is 5.78 Å². The molecule has 7 nitrogen and oxygen atoms in total. The Morgan fingerprint density at radius 3 is 2.68 bits per heavy atom. The van der Waals surface area contributed by atoms with Gasteiger partial charge in [0.15, 0.2) is 5.16 Å². The Hall–Kier alpha value is -2.61. The summed E-state index contributed by atoms with van der Waals surface area (Å²) in [6, 6.07) is 11.0. The first-order chi connectivity index (χ1) is 12.0. The fraction of sp³-hybridized carbons (Fsp3) is 0.294. The number of para-hydroxylation sites is 1. The van der Waals surface area contributed by atoms with Crippen molar-refractivity contribution >= 4 is 29.1 Å². The molecule has 1 aromatic carbocycles. The third-order valence-electron chi connectivity index (χ3n) is 3.84. The molecule has 3 rings (SSSR count). The molecule has 2 heterocycles. The first-order valence-electron chi connectivity index (χ1n) is 7.90. The number of H-pyrrole nitrogens is 1. The molecule has 1 N–H and O–H groups in total. The van der Waals surface area contributed by atoms with Gasteiger partial charge in [0.1, 0.15) is 0 Å². The molecule has 130 valence electrons. The maximum absolute atomic E-state index is 12.4. The molecule has 0 spiro atoms. The van der Waals surface area contributed by atoms with Gasteiger partial charge in [0, 0.05) is 24.5 Å². The molecule has 3 aromatic rings. The summed E-state index contributed by atoms with van der Waals surface area (Å²) in [5.74, 6) is 0.705. The van der Waals surface area contributed by atoms with Crippen LogP contribution in [0.1, 0.15) is 25.5 Å². The predicted octanol–water partition coefficient (Wildman–Crippen LogP) is 2.30. The Bertz CT molecular complexity index is 949. The van der Waals surface area contributed by atoms with Crippen molar-refractivity contribution < 1.29 is 4.79 Å². The van der Waals surface area contributed by atoms with Gasteiger partial charge in [-0.15, -0.1) is 10.2 Å². The lowest BCUT2D eigenvalue weighted by Crippen LogP contribution is -2.27. The van der Waals surface area contributed by atoms with E-state index in [4.69, 9.17) is 0 Å². The lowest BCUT2D eigenvalue weighted by molar-refractivity contribution is -0.115. The first-order valence-corrected chi connectivity index (χ1v) is 8.88. The van der Waals surface area contributed by atoms with Gasteiger partial charge in [-0.25, -0.2) is 0 Å². The summed E-state index contributed by atoms with van der Waals surface area (Å²) in [5.41, 5.74) is 1.45. The van der Waals surface area contributed by atoms with Crippen molar-refractivity contribution in [2.75, 3.05) is 17.7 Å². The van der Waals surface area contributed by atoms with Crippen molar-refractivity contribution in [1.29, 1.82) is 0 Å². The number of carbonyl (C=O) groups excluding carboxylic acids is 1. The Labute approximate surface area is 149 Å². The lowest BCUT2D eigenvalue weighted by atomic mass is 10.1. The fourth-order valence-corrected chi connectivity index (χ4v) is 3.33. The number of amides is 1. The standard InChI is InChI=1S/C17H19N5O2S/c1-11(2)13-9-14(23)18-16-19-20-17(22(13)16)25-10-15(24)21(3)12-7-5-4-6-8-12/h4-9,11H,10H2,1-3H3,(H,18,19,23). The average Bonchev–Trinajstić information content (AvgIpc) is 3.01. The Balaban J connectivity index is 1.82. The van der Waals surface area contributed by atoms with Gasteiger partial charge in [0.25, 0.3) is 5.56 Å². The third kappa shape index (κ3) is 3.58. The van der Waals surface area contributed by atoms with Crippen LogP contribution in [0.3, 0.4) is 0 Å². The summed E-state index contributed by atoms with van der Waals surface area (Å²) in [7, 11) is 1.75. The van der Waals surface area contributed by atoms with Crippen LogP contribution in [0.5, 0.6) is 0 Å². The van der Waals surface area contributed by atoms with Crippen LogP contribution < -0.4 is 10.5 Å². The van der Waals surface area contributed by atoms with Crippen LogP contribution in [0.4, 0.5) is 5.69 Å². The fourth-order valence-electron chi connectivity index (χ4n) is 2.47. The summed E-state index contributed by atoms with van der Waals surface area (Å²) in [5, 5.41) is 8.72. The van der Waals surface area contributed by atoms with Crippen molar-refractivity contribution in [3.8, 4) is 0 Å². The Morgan fingerprint density at radius 2 is 2.00 bits per heavy atom. The topological polar surface area (TPSA) is 83.4 Å². The molecule has 0 fully saturated rings. The molecule has 0 aliphatic heterocycles. The number of thioether (sulfide) groups is 1. The summed E-state index contributed by atoms with van der Waals surface area (Å²) in [4.78, 5) is 28.4. The van der Waals surface area contributed by atoms with Crippen molar-refractivity contribution in [1.82, 2.24) is 19.6 Å². The zero-order valence-corrected chi connectivity index (χ0v) is 15.1. The largest absolute Gasteiger partial charge is 0.315 e. The predicted molar refractivity (Wildman–Crippen MR) is 98.3 cm³/mol. The number of nitrogens with one attached hydrogen (secondary N) is 1. The highest BCUT2D eigenvalue weighted by molar-refractivity contribution is 7.99. The Morgan fingerprint density at radius 1 is 1.28 bits per heavy atom. The van der Waals surface area contributed by atoms with Gasteiger partial charge >= 0.3 is 0 Å². The quantitative estimate of drug-likeness (QED) is 0.709. The number of hydrogen-bond acceptors (Lipinski definition) is 5. The lowest BCUT2D eigenvalue weighted by Gasteiger charge is -2.16. The minimum Gasteiger partial charge on any atom is -0.315 e. The highest BCUT2D eigenvalue weighted by Crippen LogP contribution is 2.22. The van der Waals surface area contributed by atoms with Crippen LogP contribution >= 0.6 is 11.8 Å². The number of rotatable bonds is 5. The third-order valence-corrected chi connectivity index (χ3v) is 4.75. The maximum Gasteiger partial charge on any atom is 0.252 e. The van der Waals surface area contributed by atoms with E-state index in [-0.39, 0.29) is 23.1 Å². The van der Waals surface area contributed by atoms with E-state index in [1.54, 1.807) is 22.4 Å². The van der Waals surface area contributed by atoms with Crippen LogP contribution in [-0.2, 0) is 4.79 Å². The molecule has 0 aliphatic rings. The van der Waals surface area contributed by atoms with Crippen molar-refractivity contribution in [2.45, 2.75) is 24.9 Å². The monoisotopic (exact) mass is 357 g/mol. The molecule has 0 aliphatic carbocycles.